The number of benzene rings is 1. The zero-order valence-corrected chi connectivity index (χ0v) is 9.65. The summed E-state index contributed by atoms with van der Waals surface area (Å²) >= 11 is 0. The van der Waals surface area contributed by atoms with Gasteiger partial charge in [-0.15, -0.1) is 0 Å². The fraction of sp³-hybridized carbons (Fsp3) is 0.538. The first-order valence-electron chi connectivity index (χ1n) is 5.99. The molecule has 3 nitrogen and oxygen atoms in total. The van der Waals surface area contributed by atoms with Crippen LogP contribution >= 0.6 is 0 Å². The molecular weight excluding hydrogens is 200 g/mol. The van der Waals surface area contributed by atoms with E-state index in [4.69, 9.17) is 10.5 Å². The summed E-state index contributed by atoms with van der Waals surface area (Å²) in [6, 6.07) is 7.62. The van der Waals surface area contributed by atoms with Crippen molar-refractivity contribution in [3.05, 3.63) is 23.8 Å². The van der Waals surface area contributed by atoms with Gasteiger partial charge in [0.25, 0.3) is 0 Å². The van der Waals surface area contributed by atoms with E-state index in [-0.39, 0.29) is 0 Å². The van der Waals surface area contributed by atoms with Crippen LogP contribution in [0.25, 0.3) is 0 Å². The first kappa shape index (κ1) is 9.97. The van der Waals surface area contributed by atoms with Crippen LogP contribution in [0.3, 0.4) is 0 Å². The van der Waals surface area contributed by atoms with Gasteiger partial charge in [0.2, 0.25) is 0 Å². The summed E-state index contributed by atoms with van der Waals surface area (Å²) in [7, 11) is 1.72. The Hall–Kier alpha value is -1.22. The standard InChI is InChI=1S/C13H18N2O/c1-16-12-4-5-13-9(7-12)6-10-2-3-11(8-14)15(10)13/h4-5,7,10-11H,2-3,6,8,14H2,1H3. The highest BCUT2D eigenvalue weighted by atomic mass is 16.5. The molecule has 1 aromatic carbocycles. The summed E-state index contributed by atoms with van der Waals surface area (Å²) in [6.07, 6.45) is 3.68. The van der Waals surface area contributed by atoms with Gasteiger partial charge >= 0.3 is 0 Å². The maximum atomic E-state index is 5.84. The van der Waals surface area contributed by atoms with Gasteiger partial charge in [0.1, 0.15) is 5.75 Å². The molecule has 2 N–H and O–H groups in total. The summed E-state index contributed by atoms with van der Waals surface area (Å²) in [6.45, 7) is 0.766. The van der Waals surface area contributed by atoms with Gasteiger partial charge in [0.05, 0.1) is 7.11 Å². The number of nitrogens with two attached hydrogens (primary N) is 1. The Kier molecular flexibility index (Phi) is 2.28. The lowest BCUT2D eigenvalue weighted by Crippen LogP contribution is -2.37. The maximum Gasteiger partial charge on any atom is 0.119 e. The molecule has 0 aliphatic carbocycles. The smallest absolute Gasteiger partial charge is 0.119 e. The van der Waals surface area contributed by atoms with Crippen molar-refractivity contribution in [1.82, 2.24) is 0 Å². The van der Waals surface area contributed by atoms with Crippen LogP contribution < -0.4 is 15.4 Å². The second kappa shape index (κ2) is 3.67. The monoisotopic (exact) mass is 218 g/mol. The molecular formula is C13H18N2O. The fourth-order valence-electron chi connectivity index (χ4n) is 3.14. The summed E-state index contributed by atoms with van der Waals surface area (Å²) in [5.41, 5.74) is 8.63. The quantitative estimate of drug-likeness (QED) is 0.818. The topological polar surface area (TPSA) is 38.5 Å². The van der Waals surface area contributed by atoms with Crippen LogP contribution in [-0.2, 0) is 6.42 Å². The van der Waals surface area contributed by atoms with Crippen molar-refractivity contribution in [2.75, 3.05) is 18.6 Å². The summed E-state index contributed by atoms with van der Waals surface area (Å²) < 4.78 is 5.27. The Morgan fingerprint density at radius 2 is 2.31 bits per heavy atom. The highest BCUT2D eigenvalue weighted by Crippen LogP contribution is 2.41. The molecule has 0 spiro atoms. The van der Waals surface area contributed by atoms with Gasteiger partial charge < -0.3 is 15.4 Å². The maximum absolute atomic E-state index is 5.84. The predicted molar refractivity (Wildman–Crippen MR) is 65.0 cm³/mol. The van der Waals surface area contributed by atoms with Gasteiger partial charge in [-0.1, -0.05) is 0 Å². The fourth-order valence-corrected chi connectivity index (χ4v) is 3.14. The highest BCUT2D eigenvalue weighted by molar-refractivity contribution is 5.63. The van der Waals surface area contributed by atoms with E-state index >= 15 is 0 Å². The zero-order chi connectivity index (χ0) is 11.1. The minimum Gasteiger partial charge on any atom is -0.497 e. The van der Waals surface area contributed by atoms with Crippen LogP contribution in [0.15, 0.2) is 18.2 Å². The van der Waals surface area contributed by atoms with Crippen LogP contribution in [0.2, 0.25) is 0 Å². The molecule has 3 rings (SSSR count). The lowest BCUT2D eigenvalue weighted by atomic mass is 10.1. The Morgan fingerprint density at radius 1 is 1.44 bits per heavy atom. The molecule has 2 atom stereocenters. The van der Waals surface area contributed by atoms with Gasteiger partial charge in [-0.05, 0) is 43.0 Å². The van der Waals surface area contributed by atoms with E-state index in [1.807, 2.05) is 6.07 Å². The van der Waals surface area contributed by atoms with E-state index in [1.165, 1.54) is 24.1 Å². The van der Waals surface area contributed by atoms with Crippen molar-refractivity contribution >= 4 is 5.69 Å². The van der Waals surface area contributed by atoms with E-state index < -0.39 is 0 Å². The Morgan fingerprint density at radius 3 is 3.06 bits per heavy atom. The number of hydrogen-bond acceptors (Lipinski definition) is 3. The number of nitrogens with zero attached hydrogens (tertiary/aromatic N) is 1. The Bertz CT molecular complexity index is 405. The highest BCUT2D eigenvalue weighted by Gasteiger charge is 2.38. The molecule has 0 saturated carbocycles. The van der Waals surface area contributed by atoms with Crippen molar-refractivity contribution in [1.29, 1.82) is 0 Å². The normalized spacial score (nSPS) is 26.8. The third-order valence-corrected chi connectivity index (χ3v) is 3.91. The minimum absolute atomic E-state index is 0.541. The Balaban J connectivity index is 1.97. The first-order chi connectivity index (χ1) is 7.83. The molecule has 16 heavy (non-hydrogen) atoms. The summed E-state index contributed by atoms with van der Waals surface area (Å²) in [5, 5.41) is 0. The number of anilines is 1. The molecule has 0 bridgehead atoms. The molecule has 2 aliphatic rings. The van der Waals surface area contributed by atoms with Crippen molar-refractivity contribution in [2.45, 2.75) is 31.3 Å². The Labute approximate surface area is 96.2 Å². The summed E-state index contributed by atoms with van der Waals surface area (Å²) in [5.74, 6) is 0.962. The van der Waals surface area contributed by atoms with Crippen LogP contribution in [0.1, 0.15) is 18.4 Å². The molecule has 0 aromatic heterocycles. The van der Waals surface area contributed by atoms with Gasteiger partial charge in [-0.25, -0.2) is 0 Å². The van der Waals surface area contributed by atoms with Crippen molar-refractivity contribution in [2.24, 2.45) is 5.73 Å². The number of methoxy groups -OCH3 is 1. The van der Waals surface area contributed by atoms with E-state index in [0.29, 0.717) is 12.1 Å². The predicted octanol–water partition coefficient (Wildman–Crippen LogP) is 1.55. The van der Waals surface area contributed by atoms with E-state index in [1.54, 1.807) is 7.11 Å². The second-order valence-corrected chi connectivity index (χ2v) is 4.73. The number of ether oxygens (including phenoxy) is 1. The van der Waals surface area contributed by atoms with Crippen LogP contribution in [0.5, 0.6) is 5.75 Å². The zero-order valence-electron chi connectivity index (χ0n) is 9.65. The third-order valence-electron chi connectivity index (χ3n) is 3.91. The summed E-state index contributed by atoms with van der Waals surface area (Å²) in [4.78, 5) is 2.52. The SMILES string of the molecule is COc1ccc2c(c1)CC1CCC(CN)N21. The second-order valence-electron chi connectivity index (χ2n) is 4.73. The van der Waals surface area contributed by atoms with Gasteiger partial charge in [0, 0.05) is 24.3 Å². The number of hydrogen-bond donors (Lipinski definition) is 1. The van der Waals surface area contributed by atoms with E-state index in [9.17, 15) is 0 Å². The molecule has 0 amide bonds. The minimum atomic E-state index is 0.541. The van der Waals surface area contributed by atoms with Crippen molar-refractivity contribution in [3.63, 3.8) is 0 Å². The van der Waals surface area contributed by atoms with Gasteiger partial charge in [-0.2, -0.15) is 0 Å². The van der Waals surface area contributed by atoms with Crippen molar-refractivity contribution < 1.29 is 4.74 Å². The molecule has 0 radical (unpaired) electrons. The molecule has 2 heterocycles. The molecule has 86 valence electrons. The van der Waals surface area contributed by atoms with Crippen LogP contribution in [-0.4, -0.2) is 25.7 Å². The molecule has 2 unspecified atom stereocenters. The number of fused-ring (bicyclic) bond motifs is 3. The average Bonchev–Trinajstić information content (AvgIpc) is 2.85. The van der Waals surface area contributed by atoms with Crippen LogP contribution in [0.4, 0.5) is 5.69 Å². The molecule has 1 saturated heterocycles. The first-order valence-corrected chi connectivity index (χ1v) is 5.99. The molecule has 3 heteroatoms. The van der Waals surface area contributed by atoms with Gasteiger partial charge in [0.15, 0.2) is 0 Å². The molecule has 1 fully saturated rings. The van der Waals surface area contributed by atoms with Crippen molar-refractivity contribution in [3.8, 4) is 5.75 Å². The van der Waals surface area contributed by atoms with Gasteiger partial charge in [-0.3, -0.25) is 0 Å². The van der Waals surface area contributed by atoms with E-state index in [0.717, 1.165) is 18.7 Å². The third kappa shape index (κ3) is 1.31. The average molecular weight is 218 g/mol. The van der Waals surface area contributed by atoms with Crippen LogP contribution in [0, 0.1) is 0 Å². The lowest BCUT2D eigenvalue weighted by Gasteiger charge is -2.26. The largest absolute Gasteiger partial charge is 0.497 e. The van der Waals surface area contributed by atoms with E-state index in [2.05, 4.69) is 17.0 Å². The lowest BCUT2D eigenvalue weighted by molar-refractivity contribution is 0.414. The molecule has 1 aromatic rings. The number of rotatable bonds is 2. The molecule has 2 aliphatic heterocycles.